The van der Waals surface area contributed by atoms with Crippen LogP contribution in [0.2, 0.25) is 0 Å². The molecule has 0 spiro atoms. The molecule has 18 heavy (non-hydrogen) atoms. The van der Waals surface area contributed by atoms with E-state index >= 15 is 0 Å². The zero-order chi connectivity index (χ0) is 13.9. The number of ketones is 1. The lowest BCUT2D eigenvalue weighted by atomic mass is 9.86. The minimum atomic E-state index is -1.13. The Morgan fingerprint density at radius 2 is 1.72 bits per heavy atom. The summed E-state index contributed by atoms with van der Waals surface area (Å²) in [6.45, 7) is 7.85. The quantitative estimate of drug-likeness (QED) is 0.490. The molecular weight excluding hydrogens is 268 g/mol. The molecular formula is C13H18O3S2. The van der Waals surface area contributed by atoms with E-state index < -0.39 is 11.8 Å². The highest BCUT2D eigenvalue weighted by molar-refractivity contribution is 8.25. The third-order valence-corrected chi connectivity index (χ3v) is 5.46. The second-order valence-electron chi connectivity index (χ2n) is 5.11. The Hall–Kier alpha value is -0.680. The second kappa shape index (κ2) is 5.97. The van der Waals surface area contributed by atoms with Crippen LogP contribution in [0.1, 0.15) is 27.7 Å². The molecule has 1 saturated heterocycles. The molecule has 1 N–H and O–H groups in total. The Labute approximate surface area is 116 Å². The Morgan fingerprint density at radius 3 is 2.11 bits per heavy atom. The summed E-state index contributed by atoms with van der Waals surface area (Å²) in [5.41, 5.74) is 0.686. The van der Waals surface area contributed by atoms with Crippen molar-refractivity contribution in [3.05, 3.63) is 21.5 Å². The van der Waals surface area contributed by atoms with Crippen LogP contribution in [0.3, 0.4) is 0 Å². The molecule has 1 fully saturated rings. The van der Waals surface area contributed by atoms with E-state index in [4.69, 9.17) is 0 Å². The molecule has 100 valence electrons. The van der Waals surface area contributed by atoms with Gasteiger partial charge >= 0.3 is 5.97 Å². The van der Waals surface area contributed by atoms with E-state index in [0.717, 1.165) is 17.1 Å². The Balaban J connectivity index is 3.07. The standard InChI is InChI=1S/C13H18O3S2/c1-8(13(2,3)4)7-9(14)10(11(15)16)12-17-5-6-18-12/h7H,5-6H2,1-4H3,(H,15,16)/b8-7-. The predicted molar refractivity (Wildman–Crippen MR) is 77.8 cm³/mol. The van der Waals surface area contributed by atoms with Gasteiger partial charge in [-0.15, -0.1) is 23.5 Å². The van der Waals surface area contributed by atoms with Gasteiger partial charge in [0.2, 0.25) is 0 Å². The number of hydrogen-bond donors (Lipinski definition) is 1. The maximum Gasteiger partial charge on any atom is 0.341 e. The van der Waals surface area contributed by atoms with Crippen LogP contribution in [0.5, 0.6) is 0 Å². The van der Waals surface area contributed by atoms with Crippen molar-refractivity contribution in [2.75, 3.05) is 11.5 Å². The zero-order valence-electron chi connectivity index (χ0n) is 11.1. The maximum atomic E-state index is 12.1. The van der Waals surface area contributed by atoms with Crippen molar-refractivity contribution in [1.82, 2.24) is 0 Å². The number of hydrogen-bond acceptors (Lipinski definition) is 4. The molecule has 0 bridgehead atoms. The van der Waals surface area contributed by atoms with Gasteiger partial charge in [0.15, 0.2) is 5.78 Å². The van der Waals surface area contributed by atoms with Gasteiger partial charge in [0, 0.05) is 11.5 Å². The fraction of sp³-hybridized carbons (Fsp3) is 0.538. The lowest BCUT2D eigenvalue weighted by molar-refractivity contribution is -0.134. The number of carboxylic acids is 1. The molecule has 5 heteroatoms. The molecule has 0 unspecified atom stereocenters. The summed E-state index contributed by atoms with van der Waals surface area (Å²) in [7, 11) is 0. The molecule has 1 aliphatic heterocycles. The first-order valence-corrected chi connectivity index (χ1v) is 7.67. The molecule has 0 aromatic heterocycles. The summed E-state index contributed by atoms with van der Waals surface area (Å²) in [6.07, 6.45) is 1.45. The minimum Gasteiger partial charge on any atom is -0.477 e. The van der Waals surface area contributed by atoms with Crippen LogP contribution in [-0.2, 0) is 9.59 Å². The topological polar surface area (TPSA) is 54.4 Å². The van der Waals surface area contributed by atoms with E-state index in [1.807, 2.05) is 27.7 Å². The molecule has 0 aliphatic carbocycles. The SMILES string of the molecule is C/C(=C/C(=O)C(C(=O)O)=C1SCCS1)C(C)(C)C. The predicted octanol–water partition coefficient (Wildman–Crippen LogP) is 3.32. The summed E-state index contributed by atoms with van der Waals surface area (Å²) < 4.78 is 0.644. The van der Waals surface area contributed by atoms with Crippen molar-refractivity contribution in [3.8, 4) is 0 Å². The van der Waals surface area contributed by atoms with E-state index in [2.05, 4.69) is 0 Å². The van der Waals surface area contributed by atoms with Gasteiger partial charge in [-0.3, -0.25) is 4.79 Å². The van der Waals surface area contributed by atoms with Crippen molar-refractivity contribution in [2.24, 2.45) is 5.41 Å². The van der Waals surface area contributed by atoms with E-state index in [1.165, 1.54) is 29.6 Å². The van der Waals surface area contributed by atoms with Crippen molar-refractivity contribution < 1.29 is 14.7 Å². The Bertz CT molecular complexity index is 420. The molecule has 0 atom stereocenters. The average molecular weight is 286 g/mol. The number of allylic oxidation sites excluding steroid dienone is 2. The maximum absolute atomic E-state index is 12.1. The van der Waals surface area contributed by atoms with Gasteiger partial charge in [-0.1, -0.05) is 26.3 Å². The van der Waals surface area contributed by atoms with Gasteiger partial charge in [0.1, 0.15) is 5.57 Å². The molecule has 0 aromatic carbocycles. The summed E-state index contributed by atoms with van der Waals surface area (Å²) in [4.78, 5) is 23.3. The normalized spacial score (nSPS) is 16.9. The number of carboxylic acid groups (broad SMARTS) is 1. The van der Waals surface area contributed by atoms with E-state index in [9.17, 15) is 14.7 Å². The summed E-state index contributed by atoms with van der Waals surface area (Å²) >= 11 is 2.91. The van der Waals surface area contributed by atoms with Crippen LogP contribution in [0.25, 0.3) is 0 Å². The second-order valence-corrected chi connectivity index (χ2v) is 7.57. The smallest absolute Gasteiger partial charge is 0.341 e. The van der Waals surface area contributed by atoms with Gasteiger partial charge in [-0.05, 0) is 18.4 Å². The van der Waals surface area contributed by atoms with E-state index in [0.29, 0.717) is 4.24 Å². The van der Waals surface area contributed by atoms with Gasteiger partial charge in [0.05, 0.1) is 4.24 Å². The molecule has 1 heterocycles. The van der Waals surface area contributed by atoms with Gasteiger partial charge in [-0.25, -0.2) is 4.79 Å². The molecule has 3 nitrogen and oxygen atoms in total. The van der Waals surface area contributed by atoms with Crippen molar-refractivity contribution >= 4 is 35.3 Å². The van der Waals surface area contributed by atoms with E-state index in [1.54, 1.807) is 0 Å². The highest BCUT2D eigenvalue weighted by Crippen LogP contribution is 2.39. The third kappa shape index (κ3) is 3.92. The Kier molecular flexibility index (Phi) is 5.10. The fourth-order valence-corrected chi connectivity index (χ4v) is 3.77. The van der Waals surface area contributed by atoms with Crippen LogP contribution >= 0.6 is 23.5 Å². The first kappa shape index (κ1) is 15.4. The summed E-state index contributed by atoms with van der Waals surface area (Å²) in [5.74, 6) is 0.208. The fourth-order valence-electron chi connectivity index (χ4n) is 1.23. The average Bonchev–Trinajstić information content (AvgIpc) is 2.68. The molecule has 1 aliphatic rings. The first-order chi connectivity index (χ1) is 8.23. The highest BCUT2D eigenvalue weighted by Gasteiger charge is 2.25. The van der Waals surface area contributed by atoms with E-state index in [-0.39, 0.29) is 11.0 Å². The summed E-state index contributed by atoms with van der Waals surface area (Å²) in [5, 5.41) is 9.19. The minimum absolute atomic E-state index is 0.0777. The molecule has 1 rings (SSSR count). The molecule has 0 radical (unpaired) electrons. The van der Waals surface area contributed by atoms with Crippen molar-refractivity contribution in [3.63, 3.8) is 0 Å². The number of aliphatic carboxylic acids is 1. The molecule has 0 aromatic rings. The Morgan fingerprint density at radius 1 is 1.22 bits per heavy atom. The zero-order valence-corrected chi connectivity index (χ0v) is 12.7. The number of thioether (sulfide) groups is 2. The van der Waals surface area contributed by atoms with Crippen molar-refractivity contribution in [2.45, 2.75) is 27.7 Å². The largest absolute Gasteiger partial charge is 0.477 e. The van der Waals surface area contributed by atoms with Crippen LogP contribution in [0.4, 0.5) is 0 Å². The summed E-state index contributed by atoms with van der Waals surface area (Å²) in [6, 6.07) is 0. The van der Waals surface area contributed by atoms with Crippen LogP contribution in [0.15, 0.2) is 21.5 Å². The number of carbonyl (C=O) groups is 2. The van der Waals surface area contributed by atoms with Crippen LogP contribution < -0.4 is 0 Å². The van der Waals surface area contributed by atoms with Gasteiger partial charge in [-0.2, -0.15) is 0 Å². The number of rotatable bonds is 3. The lowest BCUT2D eigenvalue weighted by Crippen LogP contribution is -2.14. The van der Waals surface area contributed by atoms with Crippen LogP contribution in [-0.4, -0.2) is 28.4 Å². The third-order valence-electron chi connectivity index (χ3n) is 2.74. The lowest BCUT2D eigenvalue weighted by Gasteiger charge is -2.19. The van der Waals surface area contributed by atoms with Crippen molar-refractivity contribution in [1.29, 1.82) is 0 Å². The molecule has 0 amide bonds. The molecule has 0 saturated carbocycles. The monoisotopic (exact) mass is 286 g/mol. The first-order valence-electron chi connectivity index (χ1n) is 5.69. The number of carbonyl (C=O) groups excluding carboxylic acids is 1. The van der Waals surface area contributed by atoms with Crippen LogP contribution in [0, 0.1) is 5.41 Å². The highest BCUT2D eigenvalue weighted by atomic mass is 32.2. The van der Waals surface area contributed by atoms with Gasteiger partial charge in [0.25, 0.3) is 0 Å². The van der Waals surface area contributed by atoms with Gasteiger partial charge < -0.3 is 5.11 Å².